The van der Waals surface area contributed by atoms with Crippen molar-refractivity contribution in [3.8, 4) is 5.69 Å². The molecule has 0 saturated heterocycles. The molecule has 0 aliphatic heterocycles. The van der Waals surface area contributed by atoms with Gasteiger partial charge >= 0.3 is 0 Å². The number of H-pyrrole nitrogens is 1. The fraction of sp³-hybridized carbons (Fsp3) is 0.143. The summed E-state index contributed by atoms with van der Waals surface area (Å²) in [4.78, 5) is 29.3. The molecule has 0 spiro atoms. The number of aromatic nitrogens is 2. The predicted molar refractivity (Wildman–Crippen MR) is 102 cm³/mol. The zero-order chi connectivity index (χ0) is 18.4. The van der Waals surface area contributed by atoms with Gasteiger partial charge in [0.15, 0.2) is 0 Å². The summed E-state index contributed by atoms with van der Waals surface area (Å²) in [5, 5.41) is 0.211. The molecule has 1 N–H and O–H groups in total. The summed E-state index contributed by atoms with van der Waals surface area (Å²) < 4.78 is 15.2. The Bertz CT molecular complexity index is 1250. The minimum atomic E-state index is -0.510. The number of rotatable bonds is 2. The Hall–Kier alpha value is -3.21. The number of aromatic amines is 1. The Morgan fingerprint density at radius 1 is 0.962 bits per heavy atom. The van der Waals surface area contributed by atoms with Crippen molar-refractivity contribution >= 4 is 21.8 Å². The van der Waals surface area contributed by atoms with Crippen LogP contribution in [0.2, 0.25) is 0 Å². The van der Waals surface area contributed by atoms with Crippen molar-refractivity contribution in [2.75, 3.05) is 0 Å². The monoisotopic (exact) mass is 348 g/mol. The normalized spacial score (nSPS) is 11.5. The van der Waals surface area contributed by atoms with Gasteiger partial charge in [0.1, 0.15) is 11.2 Å². The third-order valence-electron chi connectivity index (χ3n) is 4.57. The Morgan fingerprint density at radius 3 is 2.38 bits per heavy atom. The Morgan fingerprint density at radius 2 is 1.69 bits per heavy atom. The second-order valence-electron chi connectivity index (χ2n) is 6.63. The third kappa shape index (κ3) is 2.44. The topological polar surface area (TPSA) is 54.9 Å². The lowest BCUT2D eigenvalue weighted by molar-refractivity contribution is 0.629. The first kappa shape index (κ1) is 16.3. The number of para-hydroxylation sites is 1. The van der Waals surface area contributed by atoms with Gasteiger partial charge in [-0.05, 0) is 42.3 Å². The molecule has 2 aromatic heterocycles. The first-order valence-electron chi connectivity index (χ1n) is 8.44. The molecule has 4 nitrogen and oxygen atoms in total. The Balaban J connectivity index is 2.22. The molecule has 26 heavy (non-hydrogen) atoms. The number of hydrogen-bond acceptors (Lipinski definition) is 2. The maximum Gasteiger partial charge on any atom is 0.268 e. The number of hydrogen-bond donors (Lipinski definition) is 1. The van der Waals surface area contributed by atoms with Crippen molar-refractivity contribution < 1.29 is 4.39 Å². The van der Waals surface area contributed by atoms with Gasteiger partial charge in [-0.2, -0.15) is 0 Å². The van der Waals surface area contributed by atoms with Crippen LogP contribution in [-0.2, 0) is 0 Å². The lowest BCUT2D eigenvalue weighted by atomic mass is 10.0. The molecule has 0 aliphatic rings. The van der Waals surface area contributed by atoms with Gasteiger partial charge in [0, 0.05) is 22.3 Å². The van der Waals surface area contributed by atoms with E-state index in [2.05, 4.69) is 4.98 Å². The first-order chi connectivity index (χ1) is 12.5. The smallest absolute Gasteiger partial charge is 0.268 e. The molecule has 0 radical (unpaired) electrons. The summed E-state index contributed by atoms with van der Waals surface area (Å²) in [6, 6.07) is 15.0. The van der Waals surface area contributed by atoms with E-state index in [4.69, 9.17) is 0 Å². The maximum absolute atomic E-state index is 13.6. The van der Waals surface area contributed by atoms with Gasteiger partial charge in [-0.3, -0.25) is 14.2 Å². The molecule has 130 valence electrons. The lowest BCUT2D eigenvalue weighted by Crippen LogP contribution is -2.27. The highest BCUT2D eigenvalue weighted by Crippen LogP contribution is 2.21. The number of pyridine rings is 2. The molecule has 2 aromatic carbocycles. The van der Waals surface area contributed by atoms with Crippen LogP contribution < -0.4 is 11.0 Å². The molecule has 0 unspecified atom stereocenters. The van der Waals surface area contributed by atoms with Crippen molar-refractivity contribution in [1.82, 2.24) is 9.55 Å². The predicted octanol–water partition coefficient (Wildman–Crippen LogP) is 4.09. The van der Waals surface area contributed by atoms with Crippen molar-refractivity contribution in [2.45, 2.75) is 19.8 Å². The second kappa shape index (κ2) is 5.95. The molecule has 0 aliphatic carbocycles. The number of benzene rings is 2. The van der Waals surface area contributed by atoms with E-state index in [1.165, 1.54) is 12.1 Å². The minimum Gasteiger partial charge on any atom is -0.354 e. The van der Waals surface area contributed by atoms with Gasteiger partial charge in [-0.1, -0.05) is 32.0 Å². The Kier molecular flexibility index (Phi) is 3.72. The van der Waals surface area contributed by atoms with Crippen molar-refractivity contribution in [3.05, 3.63) is 86.7 Å². The highest BCUT2D eigenvalue weighted by Gasteiger charge is 2.17. The molecule has 4 rings (SSSR count). The van der Waals surface area contributed by atoms with E-state index in [1.807, 2.05) is 50.2 Å². The van der Waals surface area contributed by atoms with Crippen molar-refractivity contribution in [2.24, 2.45) is 0 Å². The van der Waals surface area contributed by atoms with Crippen molar-refractivity contribution in [1.29, 1.82) is 0 Å². The summed E-state index contributed by atoms with van der Waals surface area (Å²) in [7, 11) is 0. The van der Waals surface area contributed by atoms with E-state index in [1.54, 1.807) is 4.57 Å². The van der Waals surface area contributed by atoms with Crippen LogP contribution in [0.25, 0.3) is 27.5 Å². The Labute approximate surface area is 148 Å². The summed E-state index contributed by atoms with van der Waals surface area (Å²) in [6.45, 7) is 3.99. The average molecular weight is 348 g/mol. The molecule has 4 aromatic rings. The molecule has 0 bridgehead atoms. The summed E-state index contributed by atoms with van der Waals surface area (Å²) in [6.07, 6.45) is 0. The van der Waals surface area contributed by atoms with E-state index in [0.29, 0.717) is 16.7 Å². The molecule has 0 saturated carbocycles. The highest BCUT2D eigenvalue weighted by atomic mass is 19.1. The maximum atomic E-state index is 13.6. The van der Waals surface area contributed by atoms with Crippen LogP contribution in [0.1, 0.15) is 25.5 Å². The second-order valence-corrected chi connectivity index (χ2v) is 6.63. The van der Waals surface area contributed by atoms with Crippen LogP contribution in [0.4, 0.5) is 4.39 Å². The number of nitrogens with one attached hydrogen (secondary N) is 1. The number of fused-ring (bicyclic) bond motifs is 2. The van der Waals surface area contributed by atoms with E-state index >= 15 is 0 Å². The zero-order valence-corrected chi connectivity index (χ0v) is 14.4. The number of nitrogens with zero attached hydrogens (tertiary/aromatic N) is 1. The van der Waals surface area contributed by atoms with Gasteiger partial charge in [0.2, 0.25) is 5.43 Å². The van der Waals surface area contributed by atoms with Crippen LogP contribution in [0, 0.1) is 5.82 Å². The van der Waals surface area contributed by atoms with E-state index in [9.17, 15) is 14.0 Å². The van der Waals surface area contributed by atoms with Crippen LogP contribution >= 0.6 is 0 Å². The van der Waals surface area contributed by atoms with Gasteiger partial charge in [0.05, 0.1) is 5.52 Å². The van der Waals surface area contributed by atoms with E-state index in [-0.39, 0.29) is 16.7 Å². The molecule has 2 heterocycles. The lowest BCUT2D eigenvalue weighted by Gasteiger charge is -2.17. The summed E-state index contributed by atoms with van der Waals surface area (Å²) in [5.41, 5.74) is 1.61. The molecular weight excluding hydrogens is 331 g/mol. The number of halogens is 1. The highest BCUT2D eigenvalue weighted by molar-refractivity contribution is 5.92. The summed E-state index contributed by atoms with van der Waals surface area (Å²) in [5.74, 6) is -0.441. The minimum absolute atomic E-state index is 0.0383. The molecule has 0 amide bonds. The summed E-state index contributed by atoms with van der Waals surface area (Å²) >= 11 is 0. The van der Waals surface area contributed by atoms with Crippen molar-refractivity contribution in [3.63, 3.8) is 0 Å². The molecule has 0 fully saturated rings. The van der Waals surface area contributed by atoms with E-state index < -0.39 is 16.8 Å². The SMILES string of the molecule is CC(C)c1cc2[nH]c3ccc(F)cc3c(=O)c2c(=O)n1-c1ccccc1. The van der Waals surface area contributed by atoms with Crippen LogP contribution in [0.5, 0.6) is 0 Å². The van der Waals surface area contributed by atoms with Crippen LogP contribution in [-0.4, -0.2) is 9.55 Å². The molecule has 5 heteroatoms. The fourth-order valence-corrected chi connectivity index (χ4v) is 3.31. The average Bonchev–Trinajstić information content (AvgIpc) is 2.62. The van der Waals surface area contributed by atoms with E-state index in [0.717, 1.165) is 11.8 Å². The molecule has 0 atom stereocenters. The third-order valence-corrected chi connectivity index (χ3v) is 4.57. The van der Waals surface area contributed by atoms with Gasteiger partial charge in [0.25, 0.3) is 5.56 Å². The zero-order valence-electron chi connectivity index (χ0n) is 14.4. The van der Waals surface area contributed by atoms with Gasteiger partial charge in [-0.25, -0.2) is 4.39 Å². The quantitative estimate of drug-likeness (QED) is 0.555. The first-order valence-corrected chi connectivity index (χ1v) is 8.44. The van der Waals surface area contributed by atoms with Gasteiger partial charge < -0.3 is 4.98 Å². The van der Waals surface area contributed by atoms with Gasteiger partial charge in [-0.15, -0.1) is 0 Å². The fourth-order valence-electron chi connectivity index (χ4n) is 3.31. The largest absolute Gasteiger partial charge is 0.354 e. The standard InChI is InChI=1S/C21H17FN2O2/c1-12(2)18-11-17-19(21(26)24(18)14-6-4-3-5-7-14)20(25)15-10-13(22)8-9-16(15)23-17/h3-12H,1-2H3,(H,23,25). The molecular formula is C21H17FN2O2. The van der Waals surface area contributed by atoms with Crippen LogP contribution in [0.3, 0.4) is 0 Å². The van der Waals surface area contributed by atoms with Crippen LogP contribution in [0.15, 0.2) is 64.2 Å².